The van der Waals surface area contributed by atoms with Gasteiger partial charge in [-0.15, -0.1) is 0 Å². The molecule has 3 rings (SSSR count). The number of amides is 2. The second-order valence-corrected chi connectivity index (χ2v) is 8.97. The number of nitrogens with zero attached hydrogens (tertiary/aromatic N) is 1. The lowest BCUT2D eigenvalue weighted by Crippen LogP contribution is -2.32. The normalized spacial score (nSPS) is 11.9. The van der Waals surface area contributed by atoms with Crippen molar-refractivity contribution in [3.8, 4) is 5.75 Å². The molecule has 178 valence electrons. The van der Waals surface area contributed by atoms with Gasteiger partial charge in [0.15, 0.2) is 0 Å². The second kappa shape index (κ2) is 11.3. The molecule has 0 aliphatic heterocycles. The van der Waals surface area contributed by atoms with E-state index in [1.807, 2.05) is 76.2 Å². The number of carbonyl (C=O) groups is 2. The van der Waals surface area contributed by atoms with Crippen molar-refractivity contribution < 1.29 is 19.1 Å². The first-order valence-corrected chi connectivity index (χ1v) is 11.2. The van der Waals surface area contributed by atoms with Crippen LogP contribution in [0.25, 0.3) is 0 Å². The van der Waals surface area contributed by atoms with Crippen molar-refractivity contribution in [3.63, 3.8) is 0 Å². The van der Waals surface area contributed by atoms with Gasteiger partial charge in [-0.2, -0.15) is 0 Å². The van der Waals surface area contributed by atoms with Gasteiger partial charge in [-0.05, 0) is 69.2 Å². The van der Waals surface area contributed by atoms with Crippen LogP contribution in [0.3, 0.4) is 0 Å². The van der Waals surface area contributed by atoms with E-state index in [1.165, 1.54) is 0 Å². The number of rotatable bonds is 8. The molecule has 1 atom stereocenters. The monoisotopic (exact) mass is 461 g/mol. The maximum atomic E-state index is 12.7. The summed E-state index contributed by atoms with van der Waals surface area (Å²) in [6, 6.07) is 18.4. The smallest absolute Gasteiger partial charge is 0.407 e. The largest absolute Gasteiger partial charge is 0.489 e. The number of aromatic nitrogens is 1. The molecule has 0 spiro atoms. The summed E-state index contributed by atoms with van der Waals surface area (Å²) < 4.78 is 11.0. The van der Waals surface area contributed by atoms with E-state index in [9.17, 15) is 9.59 Å². The van der Waals surface area contributed by atoms with Gasteiger partial charge in [-0.1, -0.05) is 30.3 Å². The SMILES string of the molecule is CC(NC(=O)c1ccc(CNC(=O)OC(C)(C)C)cc1)c1ccc(OCc2cccnc2)cc1. The third kappa shape index (κ3) is 7.92. The summed E-state index contributed by atoms with van der Waals surface area (Å²) in [5.41, 5.74) is 2.84. The molecule has 1 aromatic heterocycles. The standard InChI is InChI=1S/C27H31N3O4/c1-19(22-11-13-24(14-12-22)33-18-21-6-5-15-28-16-21)30-25(31)23-9-7-20(8-10-23)17-29-26(32)34-27(2,3)4/h5-16,19H,17-18H2,1-4H3,(H,29,32)(H,30,31). The minimum atomic E-state index is -0.546. The minimum absolute atomic E-state index is 0.170. The van der Waals surface area contributed by atoms with E-state index in [0.717, 1.165) is 22.4 Å². The number of benzene rings is 2. The molecule has 0 aliphatic carbocycles. The van der Waals surface area contributed by atoms with Gasteiger partial charge >= 0.3 is 6.09 Å². The number of pyridine rings is 1. The average Bonchev–Trinajstić information content (AvgIpc) is 2.81. The van der Waals surface area contributed by atoms with Gasteiger partial charge in [0.05, 0.1) is 6.04 Å². The van der Waals surface area contributed by atoms with E-state index < -0.39 is 11.7 Å². The van der Waals surface area contributed by atoms with Crippen molar-refractivity contribution in [2.45, 2.75) is 52.5 Å². The van der Waals surface area contributed by atoms with Crippen molar-refractivity contribution in [1.82, 2.24) is 15.6 Å². The van der Waals surface area contributed by atoms with Crippen LogP contribution in [0.4, 0.5) is 4.79 Å². The molecule has 0 fully saturated rings. The summed E-state index contributed by atoms with van der Waals surface area (Å²) in [6.45, 7) is 8.14. The van der Waals surface area contributed by atoms with Crippen LogP contribution >= 0.6 is 0 Å². The number of carbonyl (C=O) groups excluding carboxylic acids is 2. The van der Waals surface area contributed by atoms with Crippen LogP contribution in [0.15, 0.2) is 73.1 Å². The lowest BCUT2D eigenvalue weighted by atomic mass is 10.1. The molecular weight excluding hydrogens is 430 g/mol. The lowest BCUT2D eigenvalue weighted by Gasteiger charge is -2.19. The first kappa shape index (κ1) is 24.8. The van der Waals surface area contributed by atoms with Crippen LogP contribution in [0.1, 0.15) is 60.8 Å². The fourth-order valence-corrected chi connectivity index (χ4v) is 3.13. The Morgan fingerprint density at radius 1 is 0.971 bits per heavy atom. The highest BCUT2D eigenvalue weighted by Gasteiger charge is 2.16. The molecule has 7 heteroatoms. The number of hydrogen-bond donors (Lipinski definition) is 2. The van der Waals surface area contributed by atoms with E-state index in [0.29, 0.717) is 18.7 Å². The topological polar surface area (TPSA) is 89.6 Å². The van der Waals surface area contributed by atoms with Gasteiger partial charge in [-0.25, -0.2) is 4.79 Å². The Bertz CT molecular complexity index is 1080. The molecule has 0 bridgehead atoms. The fraction of sp³-hybridized carbons (Fsp3) is 0.296. The summed E-state index contributed by atoms with van der Waals surface area (Å²) in [4.78, 5) is 28.5. The molecule has 2 N–H and O–H groups in total. The molecule has 0 saturated carbocycles. The van der Waals surface area contributed by atoms with E-state index in [1.54, 1.807) is 24.5 Å². The molecule has 2 amide bonds. The van der Waals surface area contributed by atoms with Gasteiger partial charge in [0.25, 0.3) is 5.91 Å². The number of hydrogen-bond acceptors (Lipinski definition) is 5. The summed E-state index contributed by atoms with van der Waals surface area (Å²) in [5, 5.41) is 5.71. The van der Waals surface area contributed by atoms with E-state index in [2.05, 4.69) is 15.6 Å². The Morgan fingerprint density at radius 2 is 1.68 bits per heavy atom. The Morgan fingerprint density at radius 3 is 2.29 bits per heavy atom. The average molecular weight is 462 g/mol. The van der Waals surface area contributed by atoms with Crippen molar-refractivity contribution in [3.05, 3.63) is 95.3 Å². The van der Waals surface area contributed by atoms with E-state index in [4.69, 9.17) is 9.47 Å². The number of ether oxygens (including phenoxy) is 2. The second-order valence-electron chi connectivity index (χ2n) is 8.97. The fourth-order valence-electron chi connectivity index (χ4n) is 3.13. The van der Waals surface area contributed by atoms with Crippen LogP contribution < -0.4 is 15.4 Å². The zero-order valence-corrected chi connectivity index (χ0v) is 20.0. The highest BCUT2D eigenvalue weighted by molar-refractivity contribution is 5.94. The van der Waals surface area contributed by atoms with Gasteiger partial charge < -0.3 is 20.1 Å². The molecule has 3 aromatic rings. The Labute approximate surface area is 200 Å². The summed E-state index contributed by atoms with van der Waals surface area (Å²) >= 11 is 0. The van der Waals surface area contributed by atoms with E-state index >= 15 is 0 Å². The Hall–Kier alpha value is -3.87. The van der Waals surface area contributed by atoms with Gasteiger partial charge in [0.1, 0.15) is 18.0 Å². The maximum Gasteiger partial charge on any atom is 0.407 e. The molecular formula is C27H31N3O4. The Kier molecular flexibility index (Phi) is 8.24. The lowest BCUT2D eigenvalue weighted by molar-refractivity contribution is 0.0523. The van der Waals surface area contributed by atoms with E-state index in [-0.39, 0.29) is 11.9 Å². The van der Waals surface area contributed by atoms with Crippen LogP contribution in [0.5, 0.6) is 5.75 Å². The zero-order chi connectivity index (χ0) is 24.6. The first-order valence-electron chi connectivity index (χ1n) is 11.2. The predicted octanol–water partition coefficient (Wildman–Crippen LogP) is 5.18. The molecule has 0 radical (unpaired) electrons. The third-order valence-electron chi connectivity index (χ3n) is 4.91. The summed E-state index contributed by atoms with van der Waals surface area (Å²) in [7, 11) is 0. The van der Waals surface area contributed by atoms with Gasteiger partial charge in [0, 0.05) is 30.1 Å². The van der Waals surface area contributed by atoms with Gasteiger partial charge in [-0.3, -0.25) is 9.78 Å². The minimum Gasteiger partial charge on any atom is -0.489 e. The molecule has 2 aromatic carbocycles. The molecule has 34 heavy (non-hydrogen) atoms. The van der Waals surface area contributed by atoms with Crippen molar-refractivity contribution in [1.29, 1.82) is 0 Å². The Balaban J connectivity index is 1.48. The van der Waals surface area contributed by atoms with Crippen molar-refractivity contribution in [2.24, 2.45) is 0 Å². The van der Waals surface area contributed by atoms with Crippen molar-refractivity contribution >= 4 is 12.0 Å². The molecule has 0 saturated heterocycles. The van der Waals surface area contributed by atoms with Crippen LogP contribution in [-0.4, -0.2) is 22.6 Å². The maximum absolute atomic E-state index is 12.7. The quantitative estimate of drug-likeness (QED) is 0.483. The van der Waals surface area contributed by atoms with Gasteiger partial charge in [0.2, 0.25) is 0 Å². The molecule has 1 unspecified atom stereocenters. The summed E-state index contributed by atoms with van der Waals surface area (Å²) in [6.07, 6.45) is 3.03. The highest BCUT2D eigenvalue weighted by atomic mass is 16.6. The molecule has 7 nitrogen and oxygen atoms in total. The molecule has 1 heterocycles. The predicted molar refractivity (Wildman–Crippen MR) is 130 cm³/mol. The van der Waals surface area contributed by atoms with Crippen LogP contribution in [0, 0.1) is 0 Å². The first-order chi connectivity index (χ1) is 16.2. The van der Waals surface area contributed by atoms with Crippen LogP contribution in [0.2, 0.25) is 0 Å². The number of nitrogens with one attached hydrogen (secondary N) is 2. The van der Waals surface area contributed by atoms with Crippen LogP contribution in [-0.2, 0) is 17.9 Å². The summed E-state index contributed by atoms with van der Waals surface area (Å²) in [5.74, 6) is 0.581. The zero-order valence-electron chi connectivity index (χ0n) is 20.0. The number of alkyl carbamates (subject to hydrolysis) is 1. The van der Waals surface area contributed by atoms with Crippen molar-refractivity contribution in [2.75, 3.05) is 0 Å². The highest BCUT2D eigenvalue weighted by Crippen LogP contribution is 2.19. The molecule has 0 aliphatic rings. The third-order valence-corrected chi connectivity index (χ3v) is 4.91.